The van der Waals surface area contributed by atoms with Gasteiger partial charge in [0.25, 0.3) is 5.91 Å². The Kier molecular flexibility index (Phi) is 6.54. The number of piperazine rings is 1. The van der Waals surface area contributed by atoms with E-state index in [2.05, 4.69) is 15.5 Å². The van der Waals surface area contributed by atoms with Crippen molar-refractivity contribution in [2.75, 3.05) is 42.9 Å². The summed E-state index contributed by atoms with van der Waals surface area (Å²) in [6, 6.07) is 13.0. The van der Waals surface area contributed by atoms with Gasteiger partial charge in [-0.25, -0.2) is 4.79 Å². The van der Waals surface area contributed by atoms with Crippen molar-refractivity contribution in [3.05, 3.63) is 58.6 Å². The van der Waals surface area contributed by atoms with Crippen molar-refractivity contribution in [2.45, 2.75) is 13.8 Å². The lowest BCUT2D eigenvalue weighted by Crippen LogP contribution is -3.16. The van der Waals surface area contributed by atoms with E-state index in [9.17, 15) is 9.59 Å². The van der Waals surface area contributed by atoms with Crippen LogP contribution in [0.3, 0.4) is 0 Å². The lowest BCUT2D eigenvalue weighted by atomic mass is 10.1. The molecule has 6 nitrogen and oxygen atoms in total. The summed E-state index contributed by atoms with van der Waals surface area (Å²) in [6.07, 6.45) is 0. The zero-order chi connectivity index (χ0) is 20.1. The van der Waals surface area contributed by atoms with Crippen LogP contribution in [0.5, 0.6) is 0 Å². The van der Waals surface area contributed by atoms with Crippen LogP contribution in [0.2, 0.25) is 5.02 Å². The van der Waals surface area contributed by atoms with E-state index < -0.39 is 6.03 Å². The molecule has 1 fully saturated rings. The van der Waals surface area contributed by atoms with Crippen LogP contribution >= 0.6 is 11.6 Å². The van der Waals surface area contributed by atoms with Gasteiger partial charge in [-0.15, -0.1) is 0 Å². The van der Waals surface area contributed by atoms with E-state index in [1.807, 2.05) is 56.3 Å². The third-order valence-electron chi connectivity index (χ3n) is 5.07. The Labute approximate surface area is 170 Å². The summed E-state index contributed by atoms with van der Waals surface area (Å²) in [7, 11) is 0. The lowest BCUT2D eigenvalue weighted by Gasteiger charge is -2.33. The summed E-state index contributed by atoms with van der Waals surface area (Å²) in [6.45, 7) is 7.63. The van der Waals surface area contributed by atoms with Gasteiger partial charge in [0.1, 0.15) is 0 Å². The van der Waals surface area contributed by atoms with Crippen molar-refractivity contribution >= 4 is 34.9 Å². The van der Waals surface area contributed by atoms with Crippen LogP contribution in [-0.4, -0.2) is 44.7 Å². The predicted octanol–water partition coefficient (Wildman–Crippen LogP) is 2.01. The molecule has 3 amide bonds. The molecule has 0 aliphatic carbocycles. The highest BCUT2D eigenvalue weighted by Gasteiger charge is 2.23. The minimum absolute atomic E-state index is 0.271. The summed E-state index contributed by atoms with van der Waals surface area (Å²) in [5.41, 5.74) is 4.02. The molecule has 1 saturated heterocycles. The molecule has 0 aromatic heterocycles. The number of anilines is 2. The number of carbonyl (C=O) groups is 2. The summed E-state index contributed by atoms with van der Waals surface area (Å²) in [5.74, 6) is -0.271. The number of hydrogen-bond donors (Lipinski definition) is 3. The quantitative estimate of drug-likeness (QED) is 0.734. The molecule has 0 atom stereocenters. The molecule has 2 aromatic rings. The molecule has 1 aliphatic heterocycles. The molecule has 28 heavy (non-hydrogen) atoms. The number of benzene rings is 2. The van der Waals surface area contributed by atoms with Gasteiger partial charge in [0.05, 0.1) is 26.2 Å². The van der Waals surface area contributed by atoms with Gasteiger partial charge in [-0.3, -0.25) is 10.1 Å². The minimum atomic E-state index is -0.495. The minimum Gasteiger partial charge on any atom is -0.360 e. The van der Waals surface area contributed by atoms with Gasteiger partial charge >= 0.3 is 6.03 Å². The highest BCUT2D eigenvalue weighted by atomic mass is 35.5. The van der Waals surface area contributed by atoms with Gasteiger partial charge in [-0.1, -0.05) is 23.7 Å². The number of urea groups is 1. The maximum atomic E-state index is 12.2. The van der Waals surface area contributed by atoms with E-state index in [4.69, 9.17) is 11.6 Å². The number of hydrogen-bond acceptors (Lipinski definition) is 3. The summed E-state index contributed by atoms with van der Waals surface area (Å²) < 4.78 is 0. The molecule has 148 valence electrons. The van der Waals surface area contributed by atoms with E-state index in [0.717, 1.165) is 52.9 Å². The maximum absolute atomic E-state index is 12.2. The fraction of sp³-hybridized carbons (Fsp3) is 0.333. The van der Waals surface area contributed by atoms with E-state index in [1.165, 1.54) is 0 Å². The van der Waals surface area contributed by atoms with Gasteiger partial charge < -0.3 is 15.1 Å². The molecule has 3 N–H and O–H groups in total. The van der Waals surface area contributed by atoms with Gasteiger partial charge in [0.2, 0.25) is 0 Å². The topological polar surface area (TPSA) is 65.9 Å². The van der Waals surface area contributed by atoms with Gasteiger partial charge in [0, 0.05) is 16.4 Å². The third kappa shape index (κ3) is 5.47. The van der Waals surface area contributed by atoms with Crippen LogP contribution in [0.25, 0.3) is 0 Å². The molecule has 0 unspecified atom stereocenters. The Morgan fingerprint density at radius 2 is 1.82 bits per heavy atom. The number of nitrogens with one attached hydrogen (secondary N) is 3. The SMILES string of the molecule is Cc1ccc(NC(=O)NC(=O)C[NH+]2CCN(c3cccc(Cl)c3)CC2)cc1C. The first kappa shape index (κ1) is 20.2. The first-order valence-electron chi connectivity index (χ1n) is 9.43. The van der Waals surface area contributed by atoms with E-state index in [-0.39, 0.29) is 12.5 Å². The summed E-state index contributed by atoms with van der Waals surface area (Å²) >= 11 is 6.06. The molecule has 1 heterocycles. The first-order chi connectivity index (χ1) is 13.4. The highest BCUT2D eigenvalue weighted by molar-refractivity contribution is 6.30. The van der Waals surface area contributed by atoms with Crippen molar-refractivity contribution < 1.29 is 14.5 Å². The van der Waals surface area contributed by atoms with Gasteiger partial charge in [0.15, 0.2) is 6.54 Å². The van der Waals surface area contributed by atoms with Crippen LogP contribution in [0, 0.1) is 13.8 Å². The molecular formula is C21H26ClN4O2+. The van der Waals surface area contributed by atoms with Crippen LogP contribution in [0.15, 0.2) is 42.5 Å². The standard InChI is InChI=1S/C21H25ClN4O2/c1-15-6-7-18(12-16(15)2)23-21(28)24-20(27)14-25-8-10-26(11-9-25)19-5-3-4-17(22)13-19/h3-7,12-13H,8-11,14H2,1-2H3,(H2,23,24,27,28)/p+1. The second kappa shape index (κ2) is 9.08. The smallest absolute Gasteiger partial charge is 0.326 e. The van der Waals surface area contributed by atoms with Crippen LogP contribution in [0.4, 0.5) is 16.2 Å². The maximum Gasteiger partial charge on any atom is 0.326 e. The number of nitrogens with zero attached hydrogens (tertiary/aromatic N) is 1. The zero-order valence-corrected chi connectivity index (χ0v) is 17.0. The Morgan fingerprint density at radius 1 is 1.07 bits per heavy atom. The first-order valence-corrected chi connectivity index (χ1v) is 9.80. The average molecular weight is 402 g/mol. The van der Waals surface area contributed by atoms with Crippen molar-refractivity contribution in [2.24, 2.45) is 0 Å². The molecular weight excluding hydrogens is 376 g/mol. The zero-order valence-electron chi connectivity index (χ0n) is 16.2. The van der Waals surface area contributed by atoms with Crippen LogP contribution in [-0.2, 0) is 4.79 Å². The van der Waals surface area contributed by atoms with Gasteiger partial charge in [-0.05, 0) is 55.3 Å². The van der Waals surface area contributed by atoms with Crippen molar-refractivity contribution in [1.82, 2.24) is 5.32 Å². The Balaban J connectivity index is 1.44. The predicted molar refractivity (Wildman–Crippen MR) is 112 cm³/mol. The lowest BCUT2D eigenvalue weighted by molar-refractivity contribution is -0.892. The molecule has 0 spiro atoms. The van der Waals surface area contributed by atoms with E-state index in [0.29, 0.717) is 5.69 Å². The Hall–Kier alpha value is -2.57. The fourth-order valence-corrected chi connectivity index (χ4v) is 3.49. The second-order valence-electron chi connectivity index (χ2n) is 7.20. The average Bonchev–Trinajstić information content (AvgIpc) is 2.65. The normalized spacial score (nSPS) is 14.6. The van der Waals surface area contributed by atoms with E-state index in [1.54, 1.807) is 0 Å². The monoisotopic (exact) mass is 401 g/mol. The molecule has 1 aliphatic rings. The van der Waals surface area contributed by atoms with Gasteiger partial charge in [-0.2, -0.15) is 0 Å². The number of rotatable bonds is 4. The largest absolute Gasteiger partial charge is 0.360 e. The summed E-state index contributed by atoms with van der Waals surface area (Å²) in [4.78, 5) is 27.7. The van der Waals surface area contributed by atoms with E-state index >= 15 is 0 Å². The number of carbonyl (C=O) groups excluding carboxylic acids is 2. The fourth-order valence-electron chi connectivity index (χ4n) is 3.31. The van der Waals surface area contributed by atoms with Crippen molar-refractivity contribution in [3.8, 4) is 0 Å². The van der Waals surface area contributed by atoms with Crippen LogP contribution in [0.1, 0.15) is 11.1 Å². The Morgan fingerprint density at radius 3 is 2.50 bits per heavy atom. The number of quaternary nitrogens is 1. The Bertz CT molecular complexity index is 863. The number of amides is 3. The number of imide groups is 1. The second-order valence-corrected chi connectivity index (χ2v) is 7.63. The molecule has 0 radical (unpaired) electrons. The summed E-state index contributed by atoms with van der Waals surface area (Å²) in [5, 5.41) is 5.85. The molecule has 7 heteroatoms. The molecule has 3 rings (SSSR count). The van der Waals surface area contributed by atoms with Crippen molar-refractivity contribution in [3.63, 3.8) is 0 Å². The third-order valence-corrected chi connectivity index (χ3v) is 5.31. The molecule has 0 saturated carbocycles. The highest BCUT2D eigenvalue weighted by Crippen LogP contribution is 2.19. The number of aryl methyl sites for hydroxylation is 2. The molecule has 2 aromatic carbocycles. The molecule has 0 bridgehead atoms. The van der Waals surface area contributed by atoms with Crippen molar-refractivity contribution in [1.29, 1.82) is 0 Å². The van der Waals surface area contributed by atoms with Crippen LogP contribution < -0.4 is 20.4 Å². The number of halogens is 1.